The van der Waals surface area contributed by atoms with E-state index in [0.29, 0.717) is 10.8 Å². The van der Waals surface area contributed by atoms with Crippen LogP contribution in [0.25, 0.3) is 0 Å². The number of nitrogens with one attached hydrogen (secondary N) is 1. The lowest BCUT2D eigenvalue weighted by Gasteiger charge is -2.11. The van der Waals surface area contributed by atoms with Gasteiger partial charge in [-0.15, -0.1) is 0 Å². The Morgan fingerprint density at radius 3 is 2.82 bits per heavy atom. The summed E-state index contributed by atoms with van der Waals surface area (Å²) in [5, 5.41) is 13.1. The van der Waals surface area contributed by atoms with Gasteiger partial charge >= 0.3 is 0 Å². The highest BCUT2D eigenvalue weighted by Gasteiger charge is 2.11. The maximum atomic E-state index is 11.5. The zero-order valence-electron chi connectivity index (χ0n) is 10.3. The van der Waals surface area contributed by atoms with E-state index in [1.165, 1.54) is 11.8 Å². The van der Waals surface area contributed by atoms with Gasteiger partial charge in [-0.1, -0.05) is 17.8 Å². The van der Waals surface area contributed by atoms with Gasteiger partial charge in [-0.25, -0.2) is 4.98 Å². The highest BCUT2D eigenvalue weighted by Crippen LogP contribution is 2.24. The minimum absolute atomic E-state index is 0.0211. The fraction of sp³-hybridized carbons (Fsp3) is 0.500. The van der Waals surface area contributed by atoms with Crippen LogP contribution in [0, 0.1) is 0 Å². The first-order chi connectivity index (χ1) is 8.00. The smallest absolute Gasteiger partial charge is 0.230 e. The molecule has 0 saturated carbocycles. The van der Waals surface area contributed by atoms with Crippen molar-refractivity contribution in [3.63, 3.8) is 0 Å². The standard InChI is InChI=1S/C12H18N2O2S/c1-8(2)14-11(16)7-17-12-10(9(3)15)5-4-6-13-12/h4-6,8-9,15H,7H2,1-3H3,(H,14,16)/t9-/m0/s1. The number of aromatic nitrogens is 1. The number of thioether (sulfide) groups is 1. The molecule has 0 fully saturated rings. The fourth-order valence-electron chi connectivity index (χ4n) is 1.34. The Morgan fingerprint density at radius 1 is 1.53 bits per heavy atom. The molecule has 0 saturated heterocycles. The number of aliphatic hydroxyl groups is 1. The molecule has 1 aromatic heterocycles. The van der Waals surface area contributed by atoms with E-state index < -0.39 is 6.10 Å². The van der Waals surface area contributed by atoms with E-state index in [-0.39, 0.29) is 11.9 Å². The van der Waals surface area contributed by atoms with Crippen molar-refractivity contribution in [3.8, 4) is 0 Å². The number of rotatable bonds is 5. The predicted octanol–water partition coefficient (Wildman–Crippen LogP) is 1.75. The van der Waals surface area contributed by atoms with Crippen LogP contribution in [0.3, 0.4) is 0 Å². The summed E-state index contributed by atoms with van der Waals surface area (Å²) >= 11 is 1.34. The molecule has 1 heterocycles. The molecule has 4 nitrogen and oxygen atoms in total. The molecule has 2 N–H and O–H groups in total. The van der Waals surface area contributed by atoms with Crippen LogP contribution >= 0.6 is 11.8 Å². The lowest BCUT2D eigenvalue weighted by atomic mass is 10.2. The summed E-state index contributed by atoms with van der Waals surface area (Å²) in [6, 6.07) is 3.74. The Morgan fingerprint density at radius 2 is 2.24 bits per heavy atom. The van der Waals surface area contributed by atoms with Gasteiger partial charge in [0.25, 0.3) is 0 Å². The van der Waals surface area contributed by atoms with Gasteiger partial charge in [0.1, 0.15) is 5.03 Å². The summed E-state index contributed by atoms with van der Waals surface area (Å²) in [7, 11) is 0. The second kappa shape index (κ2) is 6.61. The zero-order valence-corrected chi connectivity index (χ0v) is 11.1. The molecule has 1 atom stereocenters. The molecule has 1 rings (SSSR count). The maximum Gasteiger partial charge on any atom is 0.230 e. The third-order valence-corrected chi connectivity index (χ3v) is 3.06. The number of aliphatic hydroxyl groups excluding tert-OH is 1. The average molecular weight is 254 g/mol. The highest BCUT2D eigenvalue weighted by molar-refractivity contribution is 7.99. The second-order valence-electron chi connectivity index (χ2n) is 4.08. The molecule has 0 bridgehead atoms. The Balaban J connectivity index is 2.60. The van der Waals surface area contributed by atoms with Crippen LogP contribution in [0.1, 0.15) is 32.4 Å². The van der Waals surface area contributed by atoms with E-state index in [9.17, 15) is 9.90 Å². The first kappa shape index (κ1) is 14.0. The van der Waals surface area contributed by atoms with Crippen molar-refractivity contribution in [2.24, 2.45) is 0 Å². The van der Waals surface area contributed by atoms with Crippen molar-refractivity contribution in [1.29, 1.82) is 0 Å². The average Bonchev–Trinajstić information content (AvgIpc) is 2.25. The highest BCUT2D eigenvalue weighted by atomic mass is 32.2. The maximum absolute atomic E-state index is 11.5. The van der Waals surface area contributed by atoms with Gasteiger partial charge in [0.05, 0.1) is 11.9 Å². The van der Waals surface area contributed by atoms with Gasteiger partial charge < -0.3 is 10.4 Å². The Kier molecular flexibility index (Phi) is 5.44. The lowest BCUT2D eigenvalue weighted by molar-refractivity contribution is -0.119. The minimum atomic E-state index is -0.570. The number of hydrogen-bond acceptors (Lipinski definition) is 4. The molecule has 0 spiro atoms. The van der Waals surface area contributed by atoms with Crippen LogP contribution in [0.15, 0.2) is 23.4 Å². The van der Waals surface area contributed by atoms with Gasteiger partial charge in [-0.05, 0) is 26.8 Å². The monoisotopic (exact) mass is 254 g/mol. The molecule has 0 aromatic carbocycles. The summed E-state index contributed by atoms with van der Waals surface area (Å²) in [5.41, 5.74) is 0.759. The van der Waals surface area contributed by atoms with E-state index in [1.807, 2.05) is 19.9 Å². The third-order valence-electron chi connectivity index (χ3n) is 2.04. The second-order valence-corrected chi connectivity index (χ2v) is 5.05. The quantitative estimate of drug-likeness (QED) is 0.786. The molecule has 1 aromatic rings. The van der Waals surface area contributed by atoms with E-state index in [4.69, 9.17) is 0 Å². The Labute approximate surface area is 106 Å². The predicted molar refractivity (Wildman–Crippen MR) is 68.9 cm³/mol. The summed E-state index contributed by atoms with van der Waals surface area (Å²) in [6.45, 7) is 5.53. The number of carbonyl (C=O) groups excluding carboxylic acids is 1. The van der Waals surface area contributed by atoms with Crippen LogP contribution in [0.4, 0.5) is 0 Å². The van der Waals surface area contributed by atoms with Gasteiger partial charge in [0.15, 0.2) is 0 Å². The molecule has 5 heteroatoms. The van der Waals surface area contributed by atoms with Gasteiger partial charge in [-0.3, -0.25) is 4.79 Å². The molecular weight excluding hydrogens is 236 g/mol. The van der Waals surface area contributed by atoms with Crippen molar-refractivity contribution in [2.45, 2.75) is 37.9 Å². The summed E-state index contributed by atoms with van der Waals surface area (Å²) in [6.07, 6.45) is 1.09. The van der Waals surface area contributed by atoms with Crippen molar-refractivity contribution in [3.05, 3.63) is 23.9 Å². The van der Waals surface area contributed by atoms with Crippen molar-refractivity contribution in [1.82, 2.24) is 10.3 Å². The largest absolute Gasteiger partial charge is 0.389 e. The minimum Gasteiger partial charge on any atom is -0.389 e. The third kappa shape index (κ3) is 4.75. The topological polar surface area (TPSA) is 62.2 Å². The number of nitrogens with zero attached hydrogens (tertiary/aromatic N) is 1. The first-order valence-corrected chi connectivity index (χ1v) is 6.54. The van der Waals surface area contributed by atoms with Crippen LogP contribution in [0.5, 0.6) is 0 Å². The summed E-state index contributed by atoms with van der Waals surface area (Å²) in [5.74, 6) is 0.293. The van der Waals surface area contributed by atoms with Crippen LogP contribution < -0.4 is 5.32 Å². The van der Waals surface area contributed by atoms with Crippen molar-refractivity contribution < 1.29 is 9.90 Å². The Bertz CT molecular complexity index is 381. The van der Waals surface area contributed by atoms with Crippen molar-refractivity contribution >= 4 is 17.7 Å². The Hall–Kier alpha value is -1.07. The van der Waals surface area contributed by atoms with E-state index in [1.54, 1.807) is 19.2 Å². The molecule has 0 aliphatic heterocycles. The summed E-state index contributed by atoms with van der Waals surface area (Å²) in [4.78, 5) is 15.7. The number of carbonyl (C=O) groups is 1. The molecule has 0 aliphatic carbocycles. The molecule has 0 unspecified atom stereocenters. The van der Waals surface area contributed by atoms with Crippen molar-refractivity contribution in [2.75, 3.05) is 5.75 Å². The van der Waals surface area contributed by atoms with Gasteiger partial charge in [0, 0.05) is 17.8 Å². The first-order valence-electron chi connectivity index (χ1n) is 5.56. The van der Waals surface area contributed by atoms with Crippen LogP contribution in [0.2, 0.25) is 0 Å². The van der Waals surface area contributed by atoms with E-state index in [2.05, 4.69) is 10.3 Å². The lowest BCUT2D eigenvalue weighted by Crippen LogP contribution is -2.31. The molecule has 1 amide bonds. The fourth-order valence-corrected chi connectivity index (χ4v) is 2.23. The van der Waals surface area contributed by atoms with Gasteiger partial charge in [0.2, 0.25) is 5.91 Å². The van der Waals surface area contributed by atoms with Crippen LogP contribution in [-0.4, -0.2) is 27.8 Å². The SMILES string of the molecule is CC(C)NC(=O)CSc1ncccc1[C@H](C)O. The zero-order chi connectivity index (χ0) is 12.8. The molecule has 0 radical (unpaired) electrons. The van der Waals surface area contributed by atoms with Crippen LogP contribution in [-0.2, 0) is 4.79 Å². The summed E-state index contributed by atoms with van der Waals surface area (Å²) < 4.78 is 0. The van der Waals surface area contributed by atoms with E-state index >= 15 is 0 Å². The number of pyridine rings is 1. The number of amides is 1. The van der Waals surface area contributed by atoms with E-state index in [0.717, 1.165) is 5.56 Å². The molecule has 0 aliphatic rings. The number of hydrogen-bond donors (Lipinski definition) is 2. The molecular formula is C12H18N2O2S. The van der Waals surface area contributed by atoms with Gasteiger partial charge in [-0.2, -0.15) is 0 Å². The normalized spacial score (nSPS) is 12.5. The molecule has 17 heavy (non-hydrogen) atoms. The molecule has 94 valence electrons.